The van der Waals surface area contributed by atoms with Crippen LogP contribution in [-0.4, -0.2) is 23.6 Å². The second kappa shape index (κ2) is 4.84. The number of anilines is 1. The van der Waals surface area contributed by atoms with Crippen molar-refractivity contribution in [1.82, 2.24) is 0 Å². The van der Waals surface area contributed by atoms with Crippen molar-refractivity contribution in [3.8, 4) is 0 Å². The molecule has 0 amide bonds. The molecule has 5 heteroatoms. The Labute approximate surface area is 106 Å². The van der Waals surface area contributed by atoms with Crippen molar-refractivity contribution in [3.05, 3.63) is 29.6 Å². The number of hydrogen-bond acceptors (Lipinski definition) is 3. The van der Waals surface area contributed by atoms with Crippen LogP contribution < -0.4 is 10.6 Å². The number of oxime groups is 1. The van der Waals surface area contributed by atoms with Gasteiger partial charge in [0.05, 0.1) is 0 Å². The highest BCUT2D eigenvalue weighted by Gasteiger charge is 2.28. The highest BCUT2D eigenvalue weighted by molar-refractivity contribution is 6.02. The number of hydrogen-bond donors (Lipinski definition) is 2. The molecule has 1 aromatic rings. The van der Waals surface area contributed by atoms with Crippen molar-refractivity contribution in [2.75, 3.05) is 11.4 Å². The summed E-state index contributed by atoms with van der Waals surface area (Å²) in [6.45, 7) is 5.21. The van der Waals surface area contributed by atoms with Gasteiger partial charge in [0.25, 0.3) is 0 Å². The molecule has 0 aromatic heterocycles. The van der Waals surface area contributed by atoms with E-state index in [2.05, 4.69) is 23.9 Å². The van der Waals surface area contributed by atoms with Gasteiger partial charge in [0.15, 0.2) is 5.84 Å². The van der Waals surface area contributed by atoms with Crippen LogP contribution in [0.15, 0.2) is 23.4 Å². The summed E-state index contributed by atoms with van der Waals surface area (Å²) < 4.78 is 13.3. The molecule has 1 aromatic carbocycles. The van der Waals surface area contributed by atoms with Crippen molar-refractivity contribution in [2.45, 2.75) is 26.3 Å². The van der Waals surface area contributed by atoms with Crippen LogP contribution in [0.3, 0.4) is 0 Å². The number of halogens is 1. The third-order valence-corrected chi connectivity index (χ3v) is 3.44. The molecule has 1 fully saturated rings. The SMILES string of the molecule is CC1CC(C)N(c2ccc(F)cc2/C(N)=N/O)C1. The first-order chi connectivity index (χ1) is 8.52. The molecule has 18 heavy (non-hydrogen) atoms. The van der Waals surface area contributed by atoms with E-state index in [0.29, 0.717) is 17.5 Å². The zero-order valence-corrected chi connectivity index (χ0v) is 10.6. The van der Waals surface area contributed by atoms with Crippen molar-refractivity contribution in [1.29, 1.82) is 0 Å². The minimum Gasteiger partial charge on any atom is -0.409 e. The number of rotatable bonds is 2. The van der Waals surface area contributed by atoms with Crippen molar-refractivity contribution in [2.24, 2.45) is 16.8 Å². The first kappa shape index (κ1) is 12.7. The molecular weight excluding hydrogens is 233 g/mol. The maximum Gasteiger partial charge on any atom is 0.172 e. The lowest BCUT2D eigenvalue weighted by atomic mass is 10.1. The van der Waals surface area contributed by atoms with E-state index < -0.39 is 0 Å². The van der Waals surface area contributed by atoms with E-state index in [1.54, 1.807) is 6.07 Å². The number of amidine groups is 1. The highest BCUT2D eigenvalue weighted by atomic mass is 19.1. The molecule has 2 atom stereocenters. The molecule has 0 saturated carbocycles. The molecule has 98 valence electrons. The van der Waals surface area contributed by atoms with E-state index in [-0.39, 0.29) is 11.7 Å². The molecular formula is C13H18FN3O. The second-order valence-corrected chi connectivity index (χ2v) is 4.99. The van der Waals surface area contributed by atoms with Crippen molar-refractivity contribution < 1.29 is 9.60 Å². The molecule has 1 aliphatic heterocycles. The summed E-state index contributed by atoms with van der Waals surface area (Å²) >= 11 is 0. The molecule has 0 bridgehead atoms. The molecule has 0 radical (unpaired) electrons. The predicted octanol–water partition coefficient (Wildman–Crippen LogP) is 2.15. The average Bonchev–Trinajstić information content (AvgIpc) is 2.67. The van der Waals surface area contributed by atoms with Gasteiger partial charge in [-0.05, 0) is 37.5 Å². The van der Waals surface area contributed by atoms with Gasteiger partial charge in [-0.15, -0.1) is 0 Å². The standard InChI is InChI=1S/C13H18FN3O/c1-8-5-9(2)17(7-8)12-4-3-10(14)6-11(12)13(15)16-18/h3-4,6,8-9,18H,5,7H2,1-2H3,(H2,15,16). The van der Waals surface area contributed by atoms with Crippen LogP contribution in [0, 0.1) is 11.7 Å². The quantitative estimate of drug-likeness (QED) is 0.366. The van der Waals surface area contributed by atoms with Gasteiger partial charge in [0.1, 0.15) is 5.82 Å². The number of nitrogens with zero attached hydrogens (tertiary/aromatic N) is 2. The largest absolute Gasteiger partial charge is 0.409 e. The zero-order chi connectivity index (χ0) is 13.3. The summed E-state index contributed by atoms with van der Waals surface area (Å²) in [7, 11) is 0. The molecule has 4 nitrogen and oxygen atoms in total. The van der Waals surface area contributed by atoms with Crippen LogP contribution in [0.5, 0.6) is 0 Å². The van der Waals surface area contributed by atoms with Crippen LogP contribution in [0.4, 0.5) is 10.1 Å². The van der Waals surface area contributed by atoms with E-state index in [1.165, 1.54) is 12.1 Å². The summed E-state index contributed by atoms with van der Waals surface area (Å²) in [5.41, 5.74) is 6.88. The van der Waals surface area contributed by atoms with E-state index in [1.807, 2.05) is 0 Å². The van der Waals surface area contributed by atoms with Gasteiger partial charge < -0.3 is 15.8 Å². The van der Waals surface area contributed by atoms with E-state index in [0.717, 1.165) is 18.7 Å². The molecule has 0 spiro atoms. The normalized spacial score (nSPS) is 24.6. The van der Waals surface area contributed by atoms with Gasteiger partial charge in [-0.25, -0.2) is 4.39 Å². The summed E-state index contributed by atoms with van der Waals surface area (Å²) in [4.78, 5) is 2.18. The summed E-state index contributed by atoms with van der Waals surface area (Å²) in [5.74, 6) is 0.140. The Kier molecular flexibility index (Phi) is 3.41. The smallest absolute Gasteiger partial charge is 0.172 e. The van der Waals surface area contributed by atoms with Gasteiger partial charge in [-0.3, -0.25) is 0 Å². The third-order valence-electron chi connectivity index (χ3n) is 3.44. The molecule has 2 unspecified atom stereocenters. The minimum atomic E-state index is -0.389. The Hall–Kier alpha value is -1.78. The highest BCUT2D eigenvalue weighted by Crippen LogP contribution is 2.31. The van der Waals surface area contributed by atoms with Gasteiger partial charge in [-0.2, -0.15) is 0 Å². The lowest BCUT2D eigenvalue weighted by Gasteiger charge is -2.26. The fraction of sp³-hybridized carbons (Fsp3) is 0.462. The fourth-order valence-corrected chi connectivity index (χ4v) is 2.65. The summed E-state index contributed by atoms with van der Waals surface area (Å²) in [5, 5.41) is 11.8. The van der Waals surface area contributed by atoms with Gasteiger partial charge in [0.2, 0.25) is 0 Å². The van der Waals surface area contributed by atoms with E-state index >= 15 is 0 Å². The van der Waals surface area contributed by atoms with Crippen molar-refractivity contribution >= 4 is 11.5 Å². The number of benzene rings is 1. The topological polar surface area (TPSA) is 61.8 Å². The van der Waals surface area contributed by atoms with Crippen molar-refractivity contribution in [3.63, 3.8) is 0 Å². The van der Waals surface area contributed by atoms with Crippen LogP contribution in [0.25, 0.3) is 0 Å². The maximum atomic E-state index is 13.3. The Bertz CT molecular complexity index is 475. The Morgan fingerprint density at radius 3 is 2.78 bits per heavy atom. The first-order valence-electron chi connectivity index (χ1n) is 6.07. The van der Waals surface area contributed by atoms with Gasteiger partial charge >= 0.3 is 0 Å². The minimum absolute atomic E-state index is 0.0590. The summed E-state index contributed by atoms with van der Waals surface area (Å²) in [6.07, 6.45) is 1.09. The second-order valence-electron chi connectivity index (χ2n) is 4.99. The third kappa shape index (κ3) is 2.25. The monoisotopic (exact) mass is 251 g/mol. The van der Waals surface area contributed by atoms with Gasteiger partial charge in [-0.1, -0.05) is 12.1 Å². The molecule has 1 aliphatic rings. The number of nitrogens with two attached hydrogens (primary N) is 1. The van der Waals surface area contributed by atoms with Crippen LogP contribution >= 0.6 is 0 Å². The zero-order valence-electron chi connectivity index (χ0n) is 10.6. The Morgan fingerprint density at radius 2 is 2.22 bits per heavy atom. The molecule has 1 saturated heterocycles. The summed E-state index contributed by atoms with van der Waals surface area (Å²) in [6, 6.07) is 4.77. The lowest BCUT2D eigenvalue weighted by molar-refractivity contribution is 0.318. The molecule has 3 N–H and O–H groups in total. The molecule has 1 heterocycles. The lowest BCUT2D eigenvalue weighted by Crippen LogP contribution is -2.29. The Morgan fingerprint density at radius 1 is 1.50 bits per heavy atom. The predicted molar refractivity (Wildman–Crippen MR) is 69.5 cm³/mol. The molecule has 0 aliphatic carbocycles. The van der Waals surface area contributed by atoms with E-state index in [9.17, 15) is 4.39 Å². The van der Waals surface area contributed by atoms with Crippen LogP contribution in [-0.2, 0) is 0 Å². The average molecular weight is 251 g/mol. The van der Waals surface area contributed by atoms with Crippen LogP contribution in [0.1, 0.15) is 25.8 Å². The Balaban J connectivity index is 2.44. The van der Waals surface area contributed by atoms with Gasteiger partial charge in [0, 0.05) is 23.8 Å². The maximum absolute atomic E-state index is 13.3. The van der Waals surface area contributed by atoms with E-state index in [4.69, 9.17) is 10.9 Å². The first-order valence-corrected chi connectivity index (χ1v) is 6.07. The fourth-order valence-electron chi connectivity index (χ4n) is 2.65. The molecule has 2 rings (SSSR count). The van der Waals surface area contributed by atoms with Crippen LogP contribution in [0.2, 0.25) is 0 Å².